The van der Waals surface area contributed by atoms with Crippen LogP contribution in [0.2, 0.25) is 0 Å². The van der Waals surface area contributed by atoms with E-state index in [1.165, 1.54) is 161 Å². The molecule has 2 atom stereocenters. The van der Waals surface area contributed by atoms with Gasteiger partial charge in [0.2, 0.25) is 5.91 Å². The summed E-state index contributed by atoms with van der Waals surface area (Å²) in [5.74, 6) is -0.458. The first-order chi connectivity index (χ1) is 22.5. The number of rotatable bonds is 39. The molecular weight excluding hydrogens is 572 g/mol. The second-order valence-corrected chi connectivity index (χ2v) is 14.2. The van der Waals surface area contributed by atoms with Crippen LogP contribution in [0.5, 0.6) is 0 Å². The van der Waals surface area contributed by atoms with Crippen LogP contribution in [0.3, 0.4) is 0 Å². The molecule has 0 aliphatic rings. The fourth-order valence-electron chi connectivity index (χ4n) is 6.09. The van der Waals surface area contributed by atoms with Crippen LogP contribution in [0.1, 0.15) is 194 Å². The molecule has 276 valence electrons. The van der Waals surface area contributed by atoms with Gasteiger partial charge >= 0.3 is 0 Å². The lowest BCUT2D eigenvalue weighted by molar-refractivity contribution is -0.148. The van der Waals surface area contributed by atoms with Crippen molar-refractivity contribution in [2.45, 2.75) is 206 Å². The fourth-order valence-corrected chi connectivity index (χ4v) is 6.09. The molecule has 0 bridgehead atoms. The number of carbonyl (C=O) groups is 1. The highest BCUT2D eigenvalue weighted by molar-refractivity contribution is 5.79. The van der Waals surface area contributed by atoms with Crippen LogP contribution in [-0.2, 0) is 19.0 Å². The molecule has 0 saturated heterocycles. The minimum atomic E-state index is -0.763. The van der Waals surface area contributed by atoms with Crippen molar-refractivity contribution < 1.29 is 19.0 Å². The smallest absolute Gasteiger partial charge is 0.249 e. The zero-order chi connectivity index (χ0) is 33.8. The number of nitrogens with zero attached hydrogens (tertiary/aromatic N) is 1. The van der Waals surface area contributed by atoms with E-state index >= 15 is 0 Å². The summed E-state index contributed by atoms with van der Waals surface area (Å²) in [7, 11) is 4.03. The highest BCUT2D eigenvalue weighted by atomic mass is 16.6. The Hall–Kier alpha value is -0.690. The third kappa shape index (κ3) is 33.2. The Morgan fingerprint density at radius 2 is 0.848 bits per heavy atom. The van der Waals surface area contributed by atoms with Gasteiger partial charge in [-0.2, -0.15) is 0 Å². The predicted molar refractivity (Wildman–Crippen MR) is 199 cm³/mol. The molecule has 0 heterocycles. The number of primary amides is 1. The Kier molecular flexibility index (Phi) is 36.6. The van der Waals surface area contributed by atoms with E-state index in [9.17, 15) is 4.79 Å². The molecule has 6 heteroatoms. The maximum absolute atomic E-state index is 12.3. The number of carbonyl (C=O) groups excluding carboxylic acids is 1. The Balaban J connectivity index is 4.01. The lowest BCUT2D eigenvalue weighted by Crippen LogP contribution is -2.46. The van der Waals surface area contributed by atoms with E-state index in [-0.39, 0.29) is 0 Å². The number of ether oxygens (including phenoxy) is 3. The average molecular weight is 655 g/mol. The quantitative estimate of drug-likeness (QED) is 0.0668. The van der Waals surface area contributed by atoms with E-state index in [2.05, 4.69) is 18.7 Å². The van der Waals surface area contributed by atoms with E-state index < -0.39 is 18.1 Å². The number of nitrogens with two attached hydrogens (primary N) is 1. The maximum Gasteiger partial charge on any atom is 0.249 e. The normalized spacial score (nSPS) is 13.1. The molecule has 0 saturated carbocycles. The van der Waals surface area contributed by atoms with Crippen molar-refractivity contribution in [3.05, 3.63) is 0 Å². The molecule has 0 aromatic carbocycles. The molecule has 0 fully saturated rings. The van der Waals surface area contributed by atoms with Gasteiger partial charge in [0.1, 0.15) is 6.10 Å². The summed E-state index contributed by atoms with van der Waals surface area (Å²) in [5.41, 5.74) is 5.78. The second-order valence-electron chi connectivity index (χ2n) is 14.2. The molecule has 0 aliphatic heterocycles. The zero-order valence-corrected chi connectivity index (χ0v) is 31.6. The van der Waals surface area contributed by atoms with Gasteiger partial charge in [0.25, 0.3) is 0 Å². The summed E-state index contributed by atoms with van der Waals surface area (Å²) in [6, 6.07) is 0. The van der Waals surface area contributed by atoms with E-state index in [0.29, 0.717) is 26.4 Å². The topological polar surface area (TPSA) is 74.0 Å². The molecule has 46 heavy (non-hydrogen) atoms. The lowest BCUT2D eigenvalue weighted by Gasteiger charge is -2.26. The minimum absolute atomic E-state index is 0.345. The van der Waals surface area contributed by atoms with E-state index in [1.807, 2.05) is 14.1 Å². The first kappa shape index (κ1) is 45.3. The first-order valence-electron chi connectivity index (χ1n) is 20.3. The highest BCUT2D eigenvalue weighted by Crippen LogP contribution is 2.15. The molecule has 2 N–H and O–H groups in total. The summed E-state index contributed by atoms with van der Waals surface area (Å²) < 4.78 is 18.1. The predicted octanol–water partition coefficient (Wildman–Crippen LogP) is 10.8. The molecule has 0 spiro atoms. The average Bonchev–Trinajstić information content (AvgIpc) is 3.03. The number of hydrogen-bond acceptors (Lipinski definition) is 5. The fraction of sp³-hybridized carbons (Fsp3) is 0.975. The standard InChI is InChI=1S/C40H82N2O4/c1-5-7-9-11-13-15-17-19-21-23-25-27-29-31-34-44-37-38(45-36-33-42(3)4)39(40(41)43)46-35-32-30-28-26-24-22-20-18-16-14-12-10-8-6-2/h38-39H,5-37H2,1-4H3,(H2,41,43). The van der Waals surface area contributed by atoms with Crippen molar-refractivity contribution in [1.82, 2.24) is 4.90 Å². The van der Waals surface area contributed by atoms with Gasteiger partial charge in [-0.15, -0.1) is 0 Å². The molecule has 2 unspecified atom stereocenters. The van der Waals surface area contributed by atoms with Crippen LogP contribution < -0.4 is 5.73 Å². The molecule has 6 nitrogen and oxygen atoms in total. The van der Waals surface area contributed by atoms with Gasteiger partial charge in [-0.3, -0.25) is 4.79 Å². The molecular formula is C40H82N2O4. The monoisotopic (exact) mass is 655 g/mol. The third-order valence-electron chi connectivity index (χ3n) is 9.21. The summed E-state index contributed by atoms with van der Waals surface area (Å²) in [5, 5.41) is 0. The number of unbranched alkanes of at least 4 members (excludes halogenated alkanes) is 26. The van der Waals surface area contributed by atoms with Gasteiger partial charge in [0.05, 0.1) is 13.2 Å². The van der Waals surface area contributed by atoms with Gasteiger partial charge in [-0.25, -0.2) is 0 Å². The molecule has 0 radical (unpaired) electrons. The largest absolute Gasteiger partial charge is 0.379 e. The SMILES string of the molecule is CCCCCCCCCCCCCCCCOCC(OCCN(C)C)C(OCCCCCCCCCCCCCCCC)C(N)=O. The Labute approximate surface area is 288 Å². The Bertz CT molecular complexity index is 604. The number of amides is 1. The maximum atomic E-state index is 12.3. The van der Waals surface area contributed by atoms with Crippen LogP contribution in [0, 0.1) is 0 Å². The minimum Gasteiger partial charge on any atom is -0.379 e. The Morgan fingerprint density at radius 3 is 1.20 bits per heavy atom. The number of hydrogen-bond donors (Lipinski definition) is 1. The second kappa shape index (κ2) is 37.1. The van der Waals surface area contributed by atoms with Crippen molar-refractivity contribution in [1.29, 1.82) is 0 Å². The van der Waals surface area contributed by atoms with Crippen LogP contribution in [0.4, 0.5) is 0 Å². The number of likely N-dealkylation sites (N-methyl/N-ethyl adjacent to an activating group) is 1. The van der Waals surface area contributed by atoms with E-state index in [0.717, 1.165) is 25.8 Å². The van der Waals surface area contributed by atoms with Crippen LogP contribution in [0.25, 0.3) is 0 Å². The van der Waals surface area contributed by atoms with Crippen LogP contribution in [0.15, 0.2) is 0 Å². The molecule has 0 aromatic heterocycles. The van der Waals surface area contributed by atoms with Gasteiger partial charge in [-0.1, -0.05) is 181 Å². The summed E-state index contributed by atoms with van der Waals surface area (Å²) in [6.45, 7) is 7.44. The van der Waals surface area contributed by atoms with Crippen molar-refractivity contribution in [3.63, 3.8) is 0 Å². The van der Waals surface area contributed by atoms with Crippen molar-refractivity contribution >= 4 is 5.91 Å². The van der Waals surface area contributed by atoms with Crippen molar-refractivity contribution in [2.24, 2.45) is 5.73 Å². The van der Waals surface area contributed by atoms with Gasteiger partial charge < -0.3 is 24.8 Å². The lowest BCUT2D eigenvalue weighted by atomic mass is 10.0. The summed E-state index contributed by atoms with van der Waals surface area (Å²) in [4.78, 5) is 14.4. The van der Waals surface area contributed by atoms with Crippen LogP contribution >= 0.6 is 0 Å². The van der Waals surface area contributed by atoms with Gasteiger partial charge in [-0.05, 0) is 26.9 Å². The van der Waals surface area contributed by atoms with Crippen LogP contribution in [-0.4, -0.2) is 70.1 Å². The van der Waals surface area contributed by atoms with Gasteiger partial charge in [0.15, 0.2) is 6.10 Å². The first-order valence-corrected chi connectivity index (χ1v) is 20.3. The Morgan fingerprint density at radius 1 is 0.500 bits per heavy atom. The molecule has 0 rings (SSSR count). The molecule has 0 aromatic rings. The van der Waals surface area contributed by atoms with E-state index in [1.54, 1.807) is 0 Å². The van der Waals surface area contributed by atoms with E-state index in [4.69, 9.17) is 19.9 Å². The molecule has 0 aliphatic carbocycles. The van der Waals surface area contributed by atoms with Gasteiger partial charge in [0, 0.05) is 19.8 Å². The highest BCUT2D eigenvalue weighted by Gasteiger charge is 2.28. The van der Waals surface area contributed by atoms with Crippen molar-refractivity contribution in [3.8, 4) is 0 Å². The molecule has 1 amide bonds. The zero-order valence-electron chi connectivity index (χ0n) is 31.6. The van der Waals surface area contributed by atoms with Crippen molar-refractivity contribution in [2.75, 3.05) is 47.1 Å². The summed E-state index contributed by atoms with van der Waals surface area (Å²) in [6.07, 6.45) is 36.0. The third-order valence-corrected chi connectivity index (χ3v) is 9.21. The summed E-state index contributed by atoms with van der Waals surface area (Å²) >= 11 is 0.